The minimum atomic E-state index is 0.177. The first-order chi connectivity index (χ1) is 6.02. The van der Waals surface area contributed by atoms with E-state index in [1.165, 1.54) is 0 Å². The number of aromatic nitrogens is 1. The molecule has 1 aromatic heterocycles. The van der Waals surface area contributed by atoms with Gasteiger partial charge in [-0.2, -0.15) is 0 Å². The minimum Gasteiger partial charge on any atom is -0.396 e. The van der Waals surface area contributed by atoms with Crippen molar-refractivity contribution in [3.05, 3.63) is 16.7 Å². The van der Waals surface area contributed by atoms with Crippen LogP contribution in [0.1, 0.15) is 13.8 Å². The molecule has 1 heterocycles. The SMILES string of the molecule is CC(C)N(N)c1ncc(Br)cc1N. The van der Waals surface area contributed by atoms with Crippen LogP contribution in [0.3, 0.4) is 0 Å². The minimum absolute atomic E-state index is 0.177. The monoisotopic (exact) mass is 244 g/mol. The van der Waals surface area contributed by atoms with Crippen molar-refractivity contribution in [2.24, 2.45) is 5.84 Å². The highest BCUT2D eigenvalue weighted by Crippen LogP contribution is 2.22. The Bertz CT molecular complexity index is 300. The lowest BCUT2D eigenvalue weighted by Gasteiger charge is -2.22. The maximum atomic E-state index is 5.76. The van der Waals surface area contributed by atoms with E-state index in [1.54, 1.807) is 17.3 Å². The number of nitrogen functional groups attached to an aromatic ring is 1. The molecule has 4 N–H and O–H groups in total. The lowest BCUT2D eigenvalue weighted by molar-refractivity contribution is 0.701. The lowest BCUT2D eigenvalue weighted by Crippen LogP contribution is -2.38. The molecule has 0 aromatic carbocycles. The number of nitrogens with zero attached hydrogens (tertiary/aromatic N) is 2. The first-order valence-corrected chi connectivity index (χ1v) is 4.76. The summed E-state index contributed by atoms with van der Waals surface area (Å²) in [5.41, 5.74) is 6.32. The molecule has 72 valence electrons. The molecule has 0 radical (unpaired) electrons. The third-order valence-corrected chi connectivity index (χ3v) is 2.10. The van der Waals surface area contributed by atoms with Crippen molar-refractivity contribution >= 4 is 27.4 Å². The molecule has 1 rings (SSSR count). The topological polar surface area (TPSA) is 68.2 Å². The van der Waals surface area contributed by atoms with Crippen LogP contribution >= 0.6 is 15.9 Å². The Labute approximate surface area is 86.0 Å². The number of hydrazine groups is 1. The number of nitrogens with two attached hydrogens (primary N) is 2. The van der Waals surface area contributed by atoms with Gasteiger partial charge in [0, 0.05) is 16.7 Å². The van der Waals surface area contributed by atoms with Gasteiger partial charge in [-0.3, -0.25) is 5.01 Å². The average Bonchev–Trinajstić information content (AvgIpc) is 2.03. The second-order valence-corrected chi connectivity index (χ2v) is 3.98. The summed E-state index contributed by atoms with van der Waals surface area (Å²) in [4.78, 5) is 4.13. The molecule has 1 aromatic rings. The van der Waals surface area contributed by atoms with Crippen LogP contribution in [0.5, 0.6) is 0 Å². The Morgan fingerprint density at radius 2 is 2.15 bits per heavy atom. The van der Waals surface area contributed by atoms with Gasteiger partial charge < -0.3 is 5.73 Å². The molecule has 0 aliphatic rings. The summed E-state index contributed by atoms with van der Waals surface area (Å²) in [5, 5.41) is 1.54. The van der Waals surface area contributed by atoms with Gasteiger partial charge in [-0.1, -0.05) is 0 Å². The summed E-state index contributed by atoms with van der Waals surface area (Å²) in [5.74, 6) is 6.37. The largest absolute Gasteiger partial charge is 0.396 e. The van der Waals surface area contributed by atoms with Gasteiger partial charge in [-0.15, -0.1) is 0 Å². The summed E-state index contributed by atoms with van der Waals surface area (Å²) >= 11 is 3.28. The smallest absolute Gasteiger partial charge is 0.166 e. The van der Waals surface area contributed by atoms with E-state index in [4.69, 9.17) is 11.6 Å². The van der Waals surface area contributed by atoms with E-state index in [0.29, 0.717) is 11.5 Å². The fourth-order valence-electron chi connectivity index (χ4n) is 0.908. The molecule has 0 aliphatic carbocycles. The van der Waals surface area contributed by atoms with Crippen LogP contribution in [-0.4, -0.2) is 11.0 Å². The first kappa shape index (κ1) is 10.3. The molecule has 0 aliphatic heterocycles. The van der Waals surface area contributed by atoms with Gasteiger partial charge in [-0.25, -0.2) is 10.8 Å². The number of hydrogen-bond acceptors (Lipinski definition) is 4. The summed E-state index contributed by atoms with van der Waals surface area (Å²) < 4.78 is 0.853. The van der Waals surface area contributed by atoms with Gasteiger partial charge in [0.1, 0.15) is 0 Å². The Morgan fingerprint density at radius 1 is 1.54 bits per heavy atom. The molecule has 0 atom stereocenters. The molecular weight excluding hydrogens is 232 g/mol. The Morgan fingerprint density at radius 3 is 2.62 bits per heavy atom. The van der Waals surface area contributed by atoms with E-state index in [0.717, 1.165) is 4.47 Å². The predicted molar refractivity (Wildman–Crippen MR) is 58.2 cm³/mol. The van der Waals surface area contributed by atoms with Crippen molar-refractivity contribution in [2.75, 3.05) is 10.7 Å². The molecule has 5 heteroatoms. The van der Waals surface area contributed by atoms with Crippen molar-refractivity contribution in [3.63, 3.8) is 0 Å². The molecule has 0 saturated carbocycles. The van der Waals surface area contributed by atoms with Crippen LogP contribution in [0.15, 0.2) is 16.7 Å². The maximum absolute atomic E-state index is 5.76. The van der Waals surface area contributed by atoms with E-state index in [2.05, 4.69) is 20.9 Å². The summed E-state index contributed by atoms with van der Waals surface area (Å²) in [7, 11) is 0. The summed E-state index contributed by atoms with van der Waals surface area (Å²) in [6.07, 6.45) is 1.67. The molecule has 0 saturated heterocycles. The Kier molecular flexibility index (Phi) is 3.11. The van der Waals surface area contributed by atoms with Crippen molar-refractivity contribution in [3.8, 4) is 0 Å². The average molecular weight is 245 g/mol. The molecule has 0 unspecified atom stereocenters. The summed E-state index contributed by atoms with van der Waals surface area (Å²) in [6.45, 7) is 3.95. The first-order valence-electron chi connectivity index (χ1n) is 3.97. The van der Waals surface area contributed by atoms with Crippen LogP contribution in [0.25, 0.3) is 0 Å². The highest BCUT2D eigenvalue weighted by Gasteiger charge is 2.10. The van der Waals surface area contributed by atoms with E-state index in [9.17, 15) is 0 Å². The molecule has 0 bridgehead atoms. The van der Waals surface area contributed by atoms with Crippen LogP contribution in [0.4, 0.5) is 11.5 Å². The van der Waals surface area contributed by atoms with Gasteiger partial charge in [0.15, 0.2) is 5.82 Å². The molecule has 4 nitrogen and oxygen atoms in total. The third kappa shape index (κ3) is 2.32. The van der Waals surface area contributed by atoms with Crippen LogP contribution in [-0.2, 0) is 0 Å². The lowest BCUT2D eigenvalue weighted by atomic mass is 10.3. The van der Waals surface area contributed by atoms with E-state index >= 15 is 0 Å². The fourth-order valence-corrected chi connectivity index (χ4v) is 1.26. The number of pyridine rings is 1. The third-order valence-electron chi connectivity index (χ3n) is 1.66. The van der Waals surface area contributed by atoms with Crippen molar-refractivity contribution in [1.82, 2.24) is 4.98 Å². The normalized spacial score (nSPS) is 10.5. The zero-order chi connectivity index (χ0) is 10.0. The standard InChI is InChI=1S/C8H13BrN4/c1-5(2)13(11)8-7(10)3-6(9)4-12-8/h3-5H,10-11H2,1-2H3. The van der Waals surface area contributed by atoms with Crippen molar-refractivity contribution < 1.29 is 0 Å². The van der Waals surface area contributed by atoms with Gasteiger partial charge in [0.2, 0.25) is 0 Å². The zero-order valence-electron chi connectivity index (χ0n) is 7.66. The second kappa shape index (κ2) is 3.93. The molecule has 13 heavy (non-hydrogen) atoms. The predicted octanol–water partition coefficient (Wildman–Crippen LogP) is 1.51. The van der Waals surface area contributed by atoms with Crippen LogP contribution in [0.2, 0.25) is 0 Å². The Balaban J connectivity index is 3.01. The fraction of sp³-hybridized carbons (Fsp3) is 0.375. The highest BCUT2D eigenvalue weighted by molar-refractivity contribution is 9.10. The van der Waals surface area contributed by atoms with Gasteiger partial charge in [0.05, 0.1) is 5.69 Å². The van der Waals surface area contributed by atoms with E-state index in [-0.39, 0.29) is 6.04 Å². The summed E-state index contributed by atoms with van der Waals surface area (Å²) in [6, 6.07) is 1.96. The van der Waals surface area contributed by atoms with E-state index < -0.39 is 0 Å². The van der Waals surface area contributed by atoms with Gasteiger partial charge in [-0.05, 0) is 35.8 Å². The molecule has 0 fully saturated rings. The Hall–Kier alpha value is -0.810. The highest BCUT2D eigenvalue weighted by atomic mass is 79.9. The van der Waals surface area contributed by atoms with Crippen LogP contribution < -0.4 is 16.6 Å². The van der Waals surface area contributed by atoms with Crippen LogP contribution in [0, 0.1) is 0 Å². The molecular formula is C8H13BrN4. The number of rotatable bonds is 2. The molecule has 0 spiro atoms. The number of halogens is 1. The maximum Gasteiger partial charge on any atom is 0.166 e. The van der Waals surface area contributed by atoms with Crippen molar-refractivity contribution in [2.45, 2.75) is 19.9 Å². The second-order valence-electron chi connectivity index (χ2n) is 3.07. The zero-order valence-corrected chi connectivity index (χ0v) is 9.25. The van der Waals surface area contributed by atoms with E-state index in [1.807, 2.05) is 13.8 Å². The molecule has 0 amide bonds. The van der Waals surface area contributed by atoms with Gasteiger partial charge in [0.25, 0.3) is 0 Å². The number of hydrogen-bond donors (Lipinski definition) is 2. The number of anilines is 2. The van der Waals surface area contributed by atoms with Gasteiger partial charge >= 0.3 is 0 Å². The van der Waals surface area contributed by atoms with Crippen molar-refractivity contribution in [1.29, 1.82) is 0 Å². The quantitative estimate of drug-likeness (QED) is 0.612.